The molecule has 138 valence electrons. The SMILES string of the molecule is CN=C(NCCc1ccc(Cl)nc1)NC1CC(C)(C)Oc2ccccc21. The summed E-state index contributed by atoms with van der Waals surface area (Å²) in [5.74, 6) is 1.72. The molecule has 5 nitrogen and oxygen atoms in total. The number of hydrogen-bond donors (Lipinski definition) is 2. The fourth-order valence-corrected chi connectivity index (χ4v) is 3.28. The normalized spacial score (nSPS) is 18.6. The van der Waals surface area contributed by atoms with E-state index < -0.39 is 0 Å². The van der Waals surface area contributed by atoms with Crippen molar-refractivity contribution >= 4 is 17.6 Å². The summed E-state index contributed by atoms with van der Waals surface area (Å²) >= 11 is 5.83. The molecule has 6 heteroatoms. The Labute approximate surface area is 159 Å². The Bertz CT molecular complexity index is 774. The molecule has 0 saturated carbocycles. The fraction of sp³-hybridized carbons (Fsp3) is 0.400. The average Bonchev–Trinajstić information content (AvgIpc) is 2.61. The minimum Gasteiger partial charge on any atom is -0.487 e. The van der Waals surface area contributed by atoms with Gasteiger partial charge < -0.3 is 15.4 Å². The zero-order valence-corrected chi connectivity index (χ0v) is 16.2. The average molecular weight is 373 g/mol. The van der Waals surface area contributed by atoms with Crippen LogP contribution >= 0.6 is 11.6 Å². The third kappa shape index (κ3) is 4.67. The van der Waals surface area contributed by atoms with E-state index in [9.17, 15) is 0 Å². The zero-order chi connectivity index (χ0) is 18.6. The van der Waals surface area contributed by atoms with Crippen LogP contribution in [0.5, 0.6) is 5.75 Å². The van der Waals surface area contributed by atoms with E-state index in [0.29, 0.717) is 5.15 Å². The second-order valence-corrected chi connectivity index (χ2v) is 7.43. The topological polar surface area (TPSA) is 58.5 Å². The van der Waals surface area contributed by atoms with Crippen LogP contribution in [-0.4, -0.2) is 30.1 Å². The highest BCUT2D eigenvalue weighted by molar-refractivity contribution is 6.29. The van der Waals surface area contributed by atoms with E-state index in [2.05, 4.69) is 40.5 Å². The molecule has 3 rings (SSSR count). The number of ether oxygens (including phenoxy) is 1. The number of benzene rings is 1. The zero-order valence-electron chi connectivity index (χ0n) is 15.4. The van der Waals surface area contributed by atoms with Crippen molar-refractivity contribution in [3.8, 4) is 5.75 Å². The molecule has 1 aromatic carbocycles. The molecule has 2 aromatic rings. The van der Waals surface area contributed by atoms with Gasteiger partial charge in [-0.15, -0.1) is 0 Å². The summed E-state index contributed by atoms with van der Waals surface area (Å²) in [6.45, 7) is 4.99. The molecule has 0 bridgehead atoms. The number of nitrogens with one attached hydrogen (secondary N) is 2. The van der Waals surface area contributed by atoms with Gasteiger partial charge in [0, 0.05) is 31.8 Å². The van der Waals surface area contributed by atoms with Crippen molar-refractivity contribution in [3.05, 3.63) is 58.9 Å². The van der Waals surface area contributed by atoms with Crippen LogP contribution in [0.4, 0.5) is 0 Å². The van der Waals surface area contributed by atoms with E-state index in [0.717, 1.165) is 42.2 Å². The molecule has 2 heterocycles. The standard InChI is InChI=1S/C20H25ClN4O/c1-20(2)12-16(15-6-4-5-7-17(15)26-20)25-19(22-3)23-11-10-14-8-9-18(21)24-13-14/h4-9,13,16H,10-12H2,1-3H3,(H2,22,23,25). The summed E-state index contributed by atoms with van der Waals surface area (Å²) in [6, 6.07) is 12.1. The van der Waals surface area contributed by atoms with Gasteiger partial charge in [-0.1, -0.05) is 35.9 Å². The molecule has 0 radical (unpaired) electrons. The molecule has 0 aliphatic carbocycles. The number of guanidine groups is 1. The van der Waals surface area contributed by atoms with Gasteiger partial charge >= 0.3 is 0 Å². The third-order valence-electron chi connectivity index (χ3n) is 4.41. The second kappa shape index (κ2) is 7.96. The Balaban J connectivity index is 1.62. The number of aromatic nitrogens is 1. The number of halogens is 1. The number of para-hydroxylation sites is 1. The first-order valence-corrected chi connectivity index (χ1v) is 9.20. The van der Waals surface area contributed by atoms with Crippen LogP contribution in [0.15, 0.2) is 47.6 Å². The lowest BCUT2D eigenvalue weighted by Crippen LogP contribution is -2.45. The number of nitrogens with zero attached hydrogens (tertiary/aromatic N) is 2. The van der Waals surface area contributed by atoms with Gasteiger partial charge in [0.1, 0.15) is 16.5 Å². The molecule has 0 saturated heterocycles. The maximum absolute atomic E-state index is 6.10. The second-order valence-electron chi connectivity index (χ2n) is 7.04. The van der Waals surface area contributed by atoms with Crippen molar-refractivity contribution in [3.63, 3.8) is 0 Å². The van der Waals surface area contributed by atoms with Crippen molar-refractivity contribution in [2.75, 3.05) is 13.6 Å². The van der Waals surface area contributed by atoms with Crippen LogP contribution in [0.3, 0.4) is 0 Å². The Morgan fingerprint density at radius 2 is 2.12 bits per heavy atom. The van der Waals surface area contributed by atoms with Crippen LogP contribution in [0.2, 0.25) is 5.15 Å². The van der Waals surface area contributed by atoms with Gasteiger partial charge in [0.15, 0.2) is 5.96 Å². The Morgan fingerprint density at radius 3 is 2.85 bits per heavy atom. The van der Waals surface area contributed by atoms with Gasteiger partial charge in [-0.3, -0.25) is 4.99 Å². The quantitative estimate of drug-likeness (QED) is 0.487. The molecule has 1 aliphatic rings. The molecule has 1 atom stereocenters. The molecule has 0 amide bonds. The number of rotatable bonds is 4. The molecule has 26 heavy (non-hydrogen) atoms. The lowest BCUT2D eigenvalue weighted by Gasteiger charge is -2.38. The lowest BCUT2D eigenvalue weighted by atomic mass is 9.90. The highest BCUT2D eigenvalue weighted by Gasteiger charge is 2.33. The van der Waals surface area contributed by atoms with E-state index in [1.165, 1.54) is 0 Å². The van der Waals surface area contributed by atoms with Gasteiger partial charge in [-0.2, -0.15) is 0 Å². The van der Waals surface area contributed by atoms with Gasteiger partial charge in [0.05, 0.1) is 6.04 Å². The van der Waals surface area contributed by atoms with E-state index in [4.69, 9.17) is 16.3 Å². The summed E-state index contributed by atoms with van der Waals surface area (Å²) < 4.78 is 6.10. The summed E-state index contributed by atoms with van der Waals surface area (Å²) in [4.78, 5) is 8.47. The highest BCUT2D eigenvalue weighted by Crippen LogP contribution is 2.39. The summed E-state index contributed by atoms with van der Waals surface area (Å²) in [6.07, 6.45) is 3.52. The highest BCUT2D eigenvalue weighted by atomic mass is 35.5. The van der Waals surface area contributed by atoms with E-state index in [1.807, 2.05) is 30.3 Å². The van der Waals surface area contributed by atoms with E-state index >= 15 is 0 Å². The number of pyridine rings is 1. The third-order valence-corrected chi connectivity index (χ3v) is 4.63. The molecule has 2 N–H and O–H groups in total. The predicted octanol–water partition coefficient (Wildman–Crippen LogP) is 3.74. The van der Waals surface area contributed by atoms with Crippen molar-refractivity contribution in [1.82, 2.24) is 15.6 Å². The molecule has 1 unspecified atom stereocenters. The summed E-state index contributed by atoms with van der Waals surface area (Å²) in [7, 11) is 1.79. The molecular weight excluding hydrogens is 348 g/mol. The van der Waals surface area contributed by atoms with E-state index in [-0.39, 0.29) is 11.6 Å². The number of fused-ring (bicyclic) bond motifs is 1. The fourth-order valence-electron chi connectivity index (χ4n) is 3.17. The minimum atomic E-state index is -0.222. The molecule has 1 aromatic heterocycles. The Morgan fingerprint density at radius 1 is 1.31 bits per heavy atom. The van der Waals surface area contributed by atoms with Crippen molar-refractivity contribution < 1.29 is 4.74 Å². The van der Waals surface area contributed by atoms with Gasteiger partial charge in [0.2, 0.25) is 0 Å². The summed E-state index contributed by atoms with van der Waals surface area (Å²) in [5.41, 5.74) is 2.08. The first-order chi connectivity index (χ1) is 12.5. The predicted molar refractivity (Wildman–Crippen MR) is 106 cm³/mol. The molecule has 1 aliphatic heterocycles. The van der Waals surface area contributed by atoms with Crippen LogP contribution in [0.25, 0.3) is 0 Å². The molecular formula is C20H25ClN4O. The van der Waals surface area contributed by atoms with Crippen LogP contribution in [-0.2, 0) is 6.42 Å². The van der Waals surface area contributed by atoms with Gasteiger partial charge in [-0.25, -0.2) is 4.98 Å². The summed E-state index contributed by atoms with van der Waals surface area (Å²) in [5, 5.41) is 7.42. The lowest BCUT2D eigenvalue weighted by molar-refractivity contribution is 0.0694. The van der Waals surface area contributed by atoms with Gasteiger partial charge in [-0.05, 0) is 38.0 Å². The minimum absolute atomic E-state index is 0.151. The van der Waals surface area contributed by atoms with Crippen LogP contribution in [0.1, 0.15) is 37.4 Å². The first-order valence-electron chi connectivity index (χ1n) is 8.82. The molecule has 0 fully saturated rings. The van der Waals surface area contributed by atoms with Crippen molar-refractivity contribution in [1.29, 1.82) is 0 Å². The number of hydrogen-bond acceptors (Lipinski definition) is 3. The Kier molecular flexibility index (Phi) is 5.67. The largest absolute Gasteiger partial charge is 0.487 e. The Hall–Kier alpha value is -2.27. The smallest absolute Gasteiger partial charge is 0.191 e. The molecule has 0 spiro atoms. The maximum Gasteiger partial charge on any atom is 0.191 e. The van der Waals surface area contributed by atoms with Crippen LogP contribution < -0.4 is 15.4 Å². The first kappa shape index (κ1) is 18.5. The van der Waals surface area contributed by atoms with Crippen molar-refractivity contribution in [2.24, 2.45) is 4.99 Å². The maximum atomic E-state index is 6.10. The monoisotopic (exact) mass is 372 g/mol. The number of aliphatic imine (C=N–C) groups is 1. The van der Waals surface area contributed by atoms with Crippen molar-refractivity contribution in [2.45, 2.75) is 38.3 Å². The van der Waals surface area contributed by atoms with Gasteiger partial charge in [0.25, 0.3) is 0 Å². The van der Waals surface area contributed by atoms with Crippen LogP contribution in [0, 0.1) is 0 Å². The van der Waals surface area contributed by atoms with E-state index in [1.54, 1.807) is 13.2 Å².